The highest BCUT2D eigenvalue weighted by molar-refractivity contribution is 5.84. The van der Waals surface area contributed by atoms with Crippen LogP contribution in [-0.2, 0) is 9.59 Å². The number of nitrogens with one attached hydrogen (secondary N) is 1. The molecule has 1 amide bonds. The van der Waals surface area contributed by atoms with Gasteiger partial charge in [-0.25, -0.2) is 0 Å². The molecule has 1 aliphatic rings. The molecule has 108 valence electrons. The highest BCUT2D eigenvalue weighted by atomic mass is 16.4. The van der Waals surface area contributed by atoms with Crippen molar-refractivity contribution in [2.45, 2.75) is 31.7 Å². The van der Waals surface area contributed by atoms with Crippen molar-refractivity contribution in [3.8, 4) is 0 Å². The Morgan fingerprint density at radius 2 is 1.80 bits per heavy atom. The number of carboxylic acids is 1. The van der Waals surface area contributed by atoms with Crippen molar-refractivity contribution in [1.82, 2.24) is 5.32 Å². The molecule has 1 aromatic rings. The predicted octanol–water partition coefficient (Wildman–Crippen LogP) is 1.64. The number of hydrogen-bond donors (Lipinski definition) is 2. The van der Waals surface area contributed by atoms with Crippen molar-refractivity contribution in [1.29, 1.82) is 0 Å². The minimum absolute atomic E-state index is 0.0762. The minimum Gasteiger partial charge on any atom is -0.480 e. The number of amides is 1. The maximum absolute atomic E-state index is 12.0. The zero-order chi connectivity index (χ0) is 14.4. The highest BCUT2D eigenvalue weighted by Gasteiger charge is 2.19. The number of carbonyl (C=O) groups is 2. The lowest BCUT2D eigenvalue weighted by Crippen LogP contribution is -2.43. The molecule has 1 saturated carbocycles. The Hall–Kier alpha value is -2.04. The molecule has 2 rings (SSSR count). The third-order valence-corrected chi connectivity index (χ3v) is 3.50. The summed E-state index contributed by atoms with van der Waals surface area (Å²) < 4.78 is 0. The molecule has 1 fully saturated rings. The molecule has 20 heavy (non-hydrogen) atoms. The summed E-state index contributed by atoms with van der Waals surface area (Å²) in [6, 6.07) is 9.40. The summed E-state index contributed by atoms with van der Waals surface area (Å²) >= 11 is 0. The summed E-state index contributed by atoms with van der Waals surface area (Å²) in [5.41, 5.74) is 0.747. The van der Waals surface area contributed by atoms with E-state index in [1.165, 1.54) is 0 Å². The van der Waals surface area contributed by atoms with E-state index >= 15 is 0 Å². The number of nitrogens with zero attached hydrogens (tertiary/aromatic N) is 1. The molecule has 1 aromatic carbocycles. The molecule has 0 aliphatic heterocycles. The number of aliphatic carboxylic acids is 1. The van der Waals surface area contributed by atoms with E-state index in [-0.39, 0.29) is 25.0 Å². The first kappa shape index (κ1) is 14.4. The Morgan fingerprint density at radius 1 is 1.15 bits per heavy atom. The summed E-state index contributed by atoms with van der Waals surface area (Å²) in [5.74, 6) is -1.05. The van der Waals surface area contributed by atoms with E-state index in [4.69, 9.17) is 5.11 Å². The van der Waals surface area contributed by atoms with E-state index in [2.05, 4.69) is 5.32 Å². The van der Waals surface area contributed by atoms with Crippen LogP contribution in [0.5, 0.6) is 0 Å². The molecule has 0 atom stereocenters. The van der Waals surface area contributed by atoms with Crippen LogP contribution >= 0.6 is 0 Å². The second-order valence-corrected chi connectivity index (χ2v) is 5.13. The molecule has 0 bridgehead atoms. The smallest absolute Gasteiger partial charge is 0.323 e. The second-order valence-electron chi connectivity index (χ2n) is 5.13. The zero-order valence-corrected chi connectivity index (χ0v) is 11.4. The lowest BCUT2D eigenvalue weighted by molar-refractivity contribution is -0.135. The molecule has 0 saturated heterocycles. The molecule has 0 unspecified atom stereocenters. The van der Waals surface area contributed by atoms with Crippen molar-refractivity contribution >= 4 is 17.6 Å². The lowest BCUT2D eigenvalue weighted by atomic mass is 10.2. The molecular weight excluding hydrogens is 256 g/mol. The van der Waals surface area contributed by atoms with E-state index in [0.717, 1.165) is 31.4 Å². The minimum atomic E-state index is -0.942. The predicted molar refractivity (Wildman–Crippen MR) is 76.7 cm³/mol. The van der Waals surface area contributed by atoms with Gasteiger partial charge in [0.1, 0.15) is 6.54 Å². The highest BCUT2D eigenvalue weighted by Crippen LogP contribution is 2.18. The fourth-order valence-corrected chi connectivity index (χ4v) is 2.56. The van der Waals surface area contributed by atoms with Crippen LogP contribution in [0.25, 0.3) is 0 Å². The van der Waals surface area contributed by atoms with Crippen LogP contribution in [0, 0.1) is 0 Å². The van der Waals surface area contributed by atoms with Gasteiger partial charge in [-0.3, -0.25) is 9.59 Å². The summed E-state index contributed by atoms with van der Waals surface area (Å²) in [6.45, 7) is -0.102. The van der Waals surface area contributed by atoms with Crippen LogP contribution in [0.15, 0.2) is 30.3 Å². The van der Waals surface area contributed by atoms with E-state index in [0.29, 0.717) is 0 Å². The third kappa shape index (κ3) is 4.26. The van der Waals surface area contributed by atoms with Gasteiger partial charge in [-0.05, 0) is 25.0 Å². The van der Waals surface area contributed by atoms with Crippen LogP contribution < -0.4 is 10.2 Å². The molecule has 5 heteroatoms. The maximum atomic E-state index is 12.0. The van der Waals surface area contributed by atoms with Gasteiger partial charge in [-0.2, -0.15) is 0 Å². The van der Waals surface area contributed by atoms with Crippen LogP contribution in [0.2, 0.25) is 0 Å². The van der Waals surface area contributed by atoms with Crippen LogP contribution in [0.1, 0.15) is 25.7 Å². The van der Waals surface area contributed by atoms with Crippen LogP contribution in [-0.4, -0.2) is 36.1 Å². The Labute approximate surface area is 118 Å². The van der Waals surface area contributed by atoms with Crippen molar-refractivity contribution in [2.24, 2.45) is 0 Å². The number of benzene rings is 1. The average molecular weight is 276 g/mol. The number of para-hydroxylation sites is 1. The van der Waals surface area contributed by atoms with Gasteiger partial charge >= 0.3 is 5.97 Å². The zero-order valence-electron chi connectivity index (χ0n) is 11.4. The summed E-state index contributed by atoms with van der Waals surface area (Å²) in [5, 5.41) is 11.9. The van der Waals surface area contributed by atoms with Gasteiger partial charge < -0.3 is 15.3 Å². The summed E-state index contributed by atoms with van der Waals surface area (Å²) in [7, 11) is 0. The lowest BCUT2D eigenvalue weighted by Gasteiger charge is -2.23. The maximum Gasteiger partial charge on any atom is 0.323 e. The fourth-order valence-electron chi connectivity index (χ4n) is 2.56. The quantitative estimate of drug-likeness (QED) is 0.828. The van der Waals surface area contributed by atoms with Crippen molar-refractivity contribution in [3.05, 3.63) is 30.3 Å². The molecule has 0 spiro atoms. The molecular formula is C15H20N2O3. The molecule has 0 radical (unpaired) electrons. The normalized spacial score (nSPS) is 15.0. The topological polar surface area (TPSA) is 69.6 Å². The molecule has 0 heterocycles. The van der Waals surface area contributed by atoms with Crippen LogP contribution in [0.3, 0.4) is 0 Å². The fraction of sp³-hybridized carbons (Fsp3) is 0.467. The van der Waals surface area contributed by atoms with Gasteiger partial charge in [0.15, 0.2) is 0 Å². The third-order valence-electron chi connectivity index (χ3n) is 3.50. The van der Waals surface area contributed by atoms with Gasteiger partial charge in [-0.1, -0.05) is 31.0 Å². The first-order chi connectivity index (χ1) is 9.65. The Morgan fingerprint density at radius 3 is 2.40 bits per heavy atom. The van der Waals surface area contributed by atoms with Gasteiger partial charge in [0, 0.05) is 11.7 Å². The SMILES string of the molecule is O=C(O)CN(CC(=O)NC1CCCC1)c1ccccc1. The second kappa shape index (κ2) is 6.93. The first-order valence-electron chi connectivity index (χ1n) is 6.96. The van der Waals surface area contributed by atoms with Crippen molar-refractivity contribution < 1.29 is 14.7 Å². The molecule has 0 aromatic heterocycles. The van der Waals surface area contributed by atoms with E-state index < -0.39 is 5.97 Å². The Kier molecular flexibility index (Phi) is 4.98. The van der Waals surface area contributed by atoms with Crippen LogP contribution in [0.4, 0.5) is 5.69 Å². The monoisotopic (exact) mass is 276 g/mol. The number of rotatable bonds is 6. The summed E-state index contributed by atoms with van der Waals surface area (Å²) in [6.07, 6.45) is 4.36. The number of anilines is 1. The van der Waals surface area contributed by atoms with Crippen molar-refractivity contribution in [3.63, 3.8) is 0 Å². The molecule has 2 N–H and O–H groups in total. The van der Waals surface area contributed by atoms with Crippen molar-refractivity contribution in [2.75, 3.05) is 18.0 Å². The van der Waals surface area contributed by atoms with Gasteiger partial charge in [0.2, 0.25) is 5.91 Å². The number of hydrogen-bond acceptors (Lipinski definition) is 3. The molecule has 5 nitrogen and oxygen atoms in total. The standard InChI is InChI=1S/C15H20N2O3/c18-14(16-12-6-4-5-7-12)10-17(11-15(19)20)13-8-2-1-3-9-13/h1-3,8-9,12H,4-7,10-11H2,(H,16,18)(H,19,20). The summed E-state index contributed by atoms with van der Waals surface area (Å²) in [4.78, 5) is 24.5. The Bertz CT molecular complexity index is 455. The molecule has 1 aliphatic carbocycles. The number of carboxylic acid groups (broad SMARTS) is 1. The van der Waals surface area contributed by atoms with Gasteiger partial charge in [0.25, 0.3) is 0 Å². The number of carbonyl (C=O) groups excluding carboxylic acids is 1. The average Bonchev–Trinajstić information content (AvgIpc) is 2.91. The first-order valence-corrected chi connectivity index (χ1v) is 6.96. The van der Waals surface area contributed by atoms with E-state index in [1.807, 2.05) is 30.3 Å². The van der Waals surface area contributed by atoms with E-state index in [1.54, 1.807) is 4.90 Å². The van der Waals surface area contributed by atoms with Gasteiger partial charge in [0.05, 0.1) is 6.54 Å². The van der Waals surface area contributed by atoms with E-state index in [9.17, 15) is 9.59 Å². The Balaban J connectivity index is 1.96. The largest absolute Gasteiger partial charge is 0.480 e. The van der Waals surface area contributed by atoms with Gasteiger partial charge in [-0.15, -0.1) is 0 Å².